The number of primary amides is 1. The second kappa shape index (κ2) is 8.29. The summed E-state index contributed by atoms with van der Waals surface area (Å²) in [7, 11) is -2.17. The molecule has 0 saturated carbocycles. The van der Waals surface area contributed by atoms with Crippen LogP contribution in [-0.2, 0) is 4.79 Å². The smallest absolute Gasteiger partial charge is 0.259 e. The zero-order valence-electron chi connectivity index (χ0n) is 14.0. The van der Waals surface area contributed by atoms with Crippen LogP contribution in [0.15, 0.2) is 91.0 Å². The van der Waals surface area contributed by atoms with Crippen molar-refractivity contribution in [2.75, 3.05) is 0 Å². The fourth-order valence-corrected chi connectivity index (χ4v) is 7.84. The van der Waals surface area contributed by atoms with Gasteiger partial charge in [0.05, 0.1) is 0 Å². The van der Waals surface area contributed by atoms with Crippen LogP contribution in [0, 0.1) is 0 Å². The van der Waals surface area contributed by atoms with Crippen molar-refractivity contribution in [3.05, 3.63) is 91.0 Å². The van der Waals surface area contributed by atoms with Crippen LogP contribution in [0.5, 0.6) is 0 Å². The van der Waals surface area contributed by atoms with Gasteiger partial charge in [0.2, 0.25) is 0 Å². The van der Waals surface area contributed by atoms with Crippen LogP contribution in [-0.4, -0.2) is 11.6 Å². The molecule has 2 N–H and O–H groups in total. The molecular weight excluding hydrogens is 349 g/mol. The molecular formula is C21H21ClNOP. The van der Waals surface area contributed by atoms with E-state index in [2.05, 4.69) is 36.4 Å². The molecule has 0 saturated heterocycles. The molecule has 3 aromatic carbocycles. The van der Waals surface area contributed by atoms with Crippen molar-refractivity contribution < 1.29 is 17.2 Å². The standard InChI is InChI=1S/C21H20NOP.ClH/c1-17(21(22)23)24(18-11-5-2-6-12-18,19-13-7-3-8-14-19)20-15-9-4-10-16-20;/h2-17H,1H3,(H-,22,23);1H. The van der Waals surface area contributed by atoms with Gasteiger partial charge in [-0.1, -0.05) is 54.6 Å². The first-order chi connectivity index (χ1) is 11.7. The molecule has 0 aliphatic carbocycles. The molecule has 0 aliphatic heterocycles. The van der Waals surface area contributed by atoms with Gasteiger partial charge < -0.3 is 18.1 Å². The molecule has 3 aromatic rings. The summed E-state index contributed by atoms with van der Waals surface area (Å²) in [5, 5.41) is 3.52. The summed E-state index contributed by atoms with van der Waals surface area (Å²) in [4.78, 5) is 12.3. The topological polar surface area (TPSA) is 43.1 Å². The molecule has 128 valence electrons. The van der Waals surface area contributed by atoms with Crippen molar-refractivity contribution in [1.82, 2.24) is 0 Å². The van der Waals surface area contributed by atoms with E-state index in [-0.39, 0.29) is 24.0 Å². The molecule has 0 aromatic heterocycles. The molecule has 0 bridgehead atoms. The van der Waals surface area contributed by atoms with Crippen LogP contribution < -0.4 is 34.1 Å². The van der Waals surface area contributed by atoms with E-state index in [1.165, 1.54) is 15.9 Å². The van der Waals surface area contributed by atoms with Gasteiger partial charge in [0.25, 0.3) is 5.91 Å². The zero-order valence-corrected chi connectivity index (χ0v) is 15.7. The van der Waals surface area contributed by atoms with Gasteiger partial charge in [0, 0.05) is 0 Å². The second-order valence-corrected chi connectivity index (χ2v) is 9.58. The van der Waals surface area contributed by atoms with Crippen LogP contribution in [0.2, 0.25) is 0 Å². The Labute approximate surface area is 155 Å². The molecule has 3 rings (SSSR count). The number of hydrogen-bond acceptors (Lipinski definition) is 1. The Morgan fingerprint density at radius 2 is 1.00 bits per heavy atom. The summed E-state index contributed by atoms with van der Waals surface area (Å²) in [5.74, 6) is -0.264. The Morgan fingerprint density at radius 1 is 0.720 bits per heavy atom. The maximum absolute atomic E-state index is 12.3. The van der Waals surface area contributed by atoms with Crippen LogP contribution in [0.4, 0.5) is 0 Å². The van der Waals surface area contributed by atoms with E-state index in [4.69, 9.17) is 5.73 Å². The number of hydrogen-bond donors (Lipinski definition) is 1. The number of benzene rings is 3. The minimum absolute atomic E-state index is 0. The quantitative estimate of drug-likeness (QED) is 0.625. The first kappa shape index (κ1) is 19.2. The minimum Gasteiger partial charge on any atom is -1.00 e. The van der Waals surface area contributed by atoms with Gasteiger partial charge >= 0.3 is 0 Å². The average molecular weight is 370 g/mol. The van der Waals surface area contributed by atoms with Crippen molar-refractivity contribution in [3.8, 4) is 0 Å². The van der Waals surface area contributed by atoms with E-state index < -0.39 is 7.26 Å². The van der Waals surface area contributed by atoms with Crippen LogP contribution in [0.25, 0.3) is 0 Å². The predicted molar refractivity (Wildman–Crippen MR) is 104 cm³/mol. The fourth-order valence-electron chi connectivity index (χ4n) is 3.30. The Morgan fingerprint density at radius 3 is 1.24 bits per heavy atom. The molecule has 2 nitrogen and oxygen atoms in total. The zero-order chi connectivity index (χ0) is 17.0. The maximum Gasteiger partial charge on any atom is 0.259 e. The summed E-state index contributed by atoms with van der Waals surface area (Å²) in [6.45, 7) is 1.96. The largest absolute Gasteiger partial charge is 1.00 e. The first-order valence-electron chi connectivity index (χ1n) is 8.02. The predicted octanol–water partition coefficient (Wildman–Crippen LogP) is -0.142. The van der Waals surface area contributed by atoms with Gasteiger partial charge in [0.15, 0.2) is 5.66 Å². The lowest BCUT2D eigenvalue weighted by atomic mass is 10.3. The molecule has 1 unspecified atom stereocenters. The average Bonchev–Trinajstić information content (AvgIpc) is 2.65. The highest BCUT2D eigenvalue weighted by atomic mass is 35.5. The highest BCUT2D eigenvalue weighted by molar-refractivity contribution is 7.96. The molecule has 0 heterocycles. The molecule has 1 atom stereocenters. The van der Waals surface area contributed by atoms with E-state index in [1.54, 1.807) is 0 Å². The van der Waals surface area contributed by atoms with Crippen LogP contribution in [0.3, 0.4) is 0 Å². The third kappa shape index (κ3) is 3.46. The molecule has 0 spiro atoms. The number of halogens is 1. The van der Waals surface area contributed by atoms with Gasteiger partial charge in [-0.2, -0.15) is 0 Å². The maximum atomic E-state index is 12.3. The lowest BCUT2D eigenvalue weighted by molar-refractivity contribution is -0.117. The third-order valence-corrected chi connectivity index (χ3v) is 9.24. The summed E-state index contributed by atoms with van der Waals surface area (Å²) in [6, 6.07) is 30.9. The monoisotopic (exact) mass is 369 g/mol. The SMILES string of the molecule is CC(C(N)=O)[P+](c1ccccc1)(c1ccccc1)c1ccccc1.[Cl-]. The highest BCUT2D eigenvalue weighted by Crippen LogP contribution is 2.59. The van der Waals surface area contributed by atoms with Crippen LogP contribution >= 0.6 is 7.26 Å². The highest BCUT2D eigenvalue weighted by Gasteiger charge is 2.52. The van der Waals surface area contributed by atoms with Gasteiger partial charge in [0.1, 0.15) is 23.2 Å². The van der Waals surface area contributed by atoms with E-state index in [0.717, 1.165) is 0 Å². The minimum atomic E-state index is -2.17. The number of carbonyl (C=O) groups excluding carboxylic acids is 1. The lowest BCUT2D eigenvalue weighted by Crippen LogP contribution is -3.00. The molecule has 25 heavy (non-hydrogen) atoms. The van der Waals surface area contributed by atoms with E-state index in [9.17, 15) is 4.79 Å². The summed E-state index contributed by atoms with van der Waals surface area (Å²) < 4.78 is 0. The first-order valence-corrected chi connectivity index (χ1v) is 9.88. The second-order valence-electron chi connectivity index (χ2n) is 5.81. The van der Waals surface area contributed by atoms with Gasteiger partial charge in [-0.25, -0.2) is 0 Å². The normalized spacial score (nSPS) is 12.0. The number of nitrogens with two attached hydrogens (primary N) is 1. The fraction of sp³-hybridized carbons (Fsp3) is 0.0952. The van der Waals surface area contributed by atoms with Crippen LogP contribution in [0.1, 0.15) is 6.92 Å². The lowest BCUT2D eigenvalue weighted by Gasteiger charge is -2.31. The van der Waals surface area contributed by atoms with Crippen molar-refractivity contribution in [2.24, 2.45) is 5.73 Å². The van der Waals surface area contributed by atoms with Crippen molar-refractivity contribution in [1.29, 1.82) is 0 Å². The number of amides is 1. The van der Waals surface area contributed by atoms with E-state index in [1.807, 2.05) is 61.5 Å². The van der Waals surface area contributed by atoms with Gasteiger partial charge in [-0.05, 0) is 43.3 Å². The van der Waals surface area contributed by atoms with Gasteiger partial charge in [-0.15, -0.1) is 0 Å². The Kier molecular flexibility index (Phi) is 6.36. The Hall–Kier alpha value is -2.15. The number of carbonyl (C=O) groups is 1. The summed E-state index contributed by atoms with van der Waals surface area (Å²) in [6.07, 6.45) is 0. The van der Waals surface area contributed by atoms with Gasteiger partial charge in [-0.3, -0.25) is 4.79 Å². The Bertz CT molecular complexity index is 712. The summed E-state index contributed by atoms with van der Waals surface area (Å²) in [5.41, 5.74) is 5.54. The molecule has 1 amide bonds. The third-order valence-electron chi connectivity index (χ3n) is 4.48. The molecule has 0 fully saturated rings. The Balaban J connectivity index is 0.00000225. The van der Waals surface area contributed by atoms with Crippen molar-refractivity contribution in [3.63, 3.8) is 0 Å². The number of rotatable bonds is 5. The molecule has 4 heteroatoms. The molecule has 0 aliphatic rings. The van der Waals surface area contributed by atoms with E-state index in [0.29, 0.717) is 0 Å². The van der Waals surface area contributed by atoms with Crippen molar-refractivity contribution in [2.45, 2.75) is 12.6 Å². The van der Waals surface area contributed by atoms with E-state index >= 15 is 0 Å². The molecule has 0 radical (unpaired) electrons. The summed E-state index contributed by atoms with van der Waals surface area (Å²) >= 11 is 0. The van der Waals surface area contributed by atoms with Crippen molar-refractivity contribution >= 4 is 29.1 Å².